The molecule has 2 fully saturated rings. The summed E-state index contributed by atoms with van der Waals surface area (Å²) in [6.07, 6.45) is 8.08. The first-order valence-electron chi connectivity index (χ1n) is 12.9. The number of hydrogen-bond acceptors (Lipinski definition) is 6. The predicted octanol–water partition coefficient (Wildman–Crippen LogP) is 5.57. The van der Waals surface area contributed by atoms with Gasteiger partial charge >= 0.3 is 5.97 Å². The Hall–Kier alpha value is -3.46. The van der Waals surface area contributed by atoms with Gasteiger partial charge in [-0.15, -0.1) is 0 Å². The maximum atomic E-state index is 13.1. The zero-order chi connectivity index (χ0) is 24.0. The van der Waals surface area contributed by atoms with Crippen molar-refractivity contribution < 1.29 is 9.53 Å². The number of anilines is 1. The highest BCUT2D eigenvalue weighted by atomic mass is 16.5. The minimum Gasteiger partial charge on any atom is -0.461 e. The fourth-order valence-corrected chi connectivity index (χ4v) is 5.37. The Morgan fingerprint density at radius 2 is 1.60 bits per heavy atom. The van der Waals surface area contributed by atoms with Crippen molar-refractivity contribution in [3.05, 3.63) is 65.9 Å². The van der Waals surface area contributed by atoms with Crippen LogP contribution in [0.4, 0.5) is 5.82 Å². The minimum absolute atomic E-state index is 0.0994. The van der Waals surface area contributed by atoms with Crippen LogP contribution in [-0.4, -0.2) is 35.1 Å². The first-order valence-corrected chi connectivity index (χ1v) is 12.9. The van der Waals surface area contributed by atoms with Crippen molar-refractivity contribution in [3.63, 3.8) is 0 Å². The normalized spacial score (nSPS) is 18.2. The number of ether oxygens (including phenoxy) is 1. The van der Waals surface area contributed by atoms with Crippen molar-refractivity contribution in [2.45, 2.75) is 63.4 Å². The molecule has 1 aromatic heterocycles. The number of rotatable bonds is 6. The molecule has 1 aliphatic carbocycles. The van der Waals surface area contributed by atoms with E-state index in [1.54, 1.807) is 0 Å². The van der Waals surface area contributed by atoms with Gasteiger partial charge < -0.3 is 9.64 Å². The van der Waals surface area contributed by atoms with Gasteiger partial charge in [-0.25, -0.2) is 9.97 Å². The Bertz CT molecular complexity index is 1190. The quantitative estimate of drug-likeness (QED) is 0.440. The lowest BCUT2D eigenvalue weighted by atomic mass is 9.90. The Labute approximate surface area is 206 Å². The van der Waals surface area contributed by atoms with E-state index in [2.05, 4.69) is 41.3 Å². The SMILES string of the molecule is N#C[C@H](C(=O)OC1CCCCC1)c1nc2ccccc2nc1N1CCC(Cc2ccccc2)CC1. The number of piperidine rings is 1. The van der Waals surface area contributed by atoms with Gasteiger partial charge in [-0.3, -0.25) is 4.79 Å². The van der Waals surface area contributed by atoms with Gasteiger partial charge in [0.15, 0.2) is 11.7 Å². The zero-order valence-electron chi connectivity index (χ0n) is 20.1. The highest BCUT2D eigenvalue weighted by Crippen LogP contribution is 2.32. The van der Waals surface area contributed by atoms with E-state index >= 15 is 0 Å². The number of hydrogen-bond donors (Lipinski definition) is 0. The highest BCUT2D eigenvalue weighted by Gasteiger charge is 2.33. The lowest BCUT2D eigenvalue weighted by molar-refractivity contribution is -0.150. The van der Waals surface area contributed by atoms with Crippen LogP contribution in [0.3, 0.4) is 0 Å². The van der Waals surface area contributed by atoms with E-state index in [0.29, 0.717) is 22.9 Å². The molecule has 0 spiro atoms. The van der Waals surface area contributed by atoms with Gasteiger partial charge in [0.2, 0.25) is 0 Å². The van der Waals surface area contributed by atoms with Crippen LogP contribution in [0.15, 0.2) is 54.6 Å². The summed E-state index contributed by atoms with van der Waals surface area (Å²) in [4.78, 5) is 25.0. The molecule has 0 N–H and O–H groups in total. The molecule has 1 aliphatic heterocycles. The molecule has 1 saturated heterocycles. The zero-order valence-corrected chi connectivity index (χ0v) is 20.1. The van der Waals surface area contributed by atoms with Crippen molar-refractivity contribution >= 4 is 22.8 Å². The van der Waals surface area contributed by atoms with Crippen molar-refractivity contribution in [1.29, 1.82) is 5.26 Å². The fourth-order valence-electron chi connectivity index (χ4n) is 5.37. The Morgan fingerprint density at radius 1 is 0.943 bits per heavy atom. The lowest BCUT2D eigenvalue weighted by Gasteiger charge is -2.34. The number of para-hydroxylation sites is 2. The van der Waals surface area contributed by atoms with Gasteiger partial charge in [0.1, 0.15) is 11.8 Å². The fraction of sp³-hybridized carbons (Fsp3) is 0.448. The van der Waals surface area contributed by atoms with E-state index in [1.165, 1.54) is 12.0 Å². The summed E-state index contributed by atoms with van der Waals surface area (Å²) < 4.78 is 5.79. The summed E-state index contributed by atoms with van der Waals surface area (Å²) in [5.74, 6) is -0.321. The second-order valence-corrected chi connectivity index (χ2v) is 9.80. The molecule has 0 radical (unpaired) electrons. The third-order valence-corrected chi connectivity index (χ3v) is 7.33. The lowest BCUT2D eigenvalue weighted by Crippen LogP contribution is -2.36. The van der Waals surface area contributed by atoms with Crippen LogP contribution in [0.25, 0.3) is 11.0 Å². The van der Waals surface area contributed by atoms with E-state index in [0.717, 1.165) is 63.6 Å². The smallest absolute Gasteiger partial charge is 0.329 e. The Morgan fingerprint density at radius 3 is 2.29 bits per heavy atom. The van der Waals surface area contributed by atoms with Gasteiger partial charge in [0.25, 0.3) is 0 Å². The standard InChI is InChI=1S/C29H32N4O2/c30-20-24(29(34)35-23-11-5-2-6-12-23)27-28(32-26-14-8-7-13-25(26)31-27)33-17-15-22(16-18-33)19-21-9-3-1-4-10-21/h1,3-4,7-10,13-14,22-24H,2,5-6,11-12,15-19H2/t24-/m0/s1. The molecule has 6 nitrogen and oxygen atoms in total. The topological polar surface area (TPSA) is 79.1 Å². The van der Waals surface area contributed by atoms with Crippen LogP contribution in [0.2, 0.25) is 0 Å². The molecule has 2 aliphatic rings. The average molecular weight is 469 g/mol. The van der Waals surface area contributed by atoms with Crippen molar-refractivity contribution in [2.75, 3.05) is 18.0 Å². The Balaban J connectivity index is 1.38. The third-order valence-electron chi connectivity index (χ3n) is 7.33. The van der Waals surface area contributed by atoms with Crippen molar-refractivity contribution in [1.82, 2.24) is 9.97 Å². The van der Waals surface area contributed by atoms with Gasteiger partial charge in [-0.05, 0) is 68.6 Å². The molecule has 0 amide bonds. The summed E-state index contributed by atoms with van der Waals surface area (Å²) >= 11 is 0. The van der Waals surface area contributed by atoms with Gasteiger partial charge in [0, 0.05) is 13.1 Å². The predicted molar refractivity (Wildman–Crippen MR) is 136 cm³/mol. The third kappa shape index (κ3) is 5.45. The van der Waals surface area contributed by atoms with Crippen LogP contribution >= 0.6 is 0 Å². The maximum absolute atomic E-state index is 13.1. The molecule has 2 heterocycles. The molecule has 0 bridgehead atoms. The number of nitrogens with zero attached hydrogens (tertiary/aromatic N) is 4. The van der Waals surface area contributed by atoms with Crippen molar-refractivity contribution in [2.24, 2.45) is 5.92 Å². The molecule has 0 unspecified atom stereocenters. The van der Waals surface area contributed by atoms with Gasteiger partial charge in [0.05, 0.1) is 17.1 Å². The summed E-state index contributed by atoms with van der Waals surface area (Å²) in [6.45, 7) is 1.65. The van der Waals surface area contributed by atoms with E-state index in [9.17, 15) is 10.1 Å². The number of carbonyl (C=O) groups is 1. The van der Waals surface area contributed by atoms with Crippen LogP contribution in [0.5, 0.6) is 0 Å². The van der Waals surface area contributed by atoms with Crippen LogP contribution < -0.4 is 4.90 Å². The highest BCUT2D eigenvalue weighted by molar-refractivity contribution is 5.85. The van der Waals surface area contributed by atoms with Gasteiger partial charge in [-0.2, -0.15) is 5.26 Å². The number of aromatic nitrogens is 2. The minimum atomic E-state index is -1.08. The average Bonchev–Trinajstić information content (AvgIpc) is 2.90. The van der Waals surface area contributed by atoms with E-state index < -0.39 is 11.9 Å². The molecule has 2 aromatic carbocycles. The summed E-state index contributed by atoms with van der Waals surface area (Å²) in [5.41, 5.74) is 3.26. The molecular formula is C29H32N4O2. The number of carbonyl (C=O) groups excluding carboxylic acids is 1. The summed E-state index contributed by atoms with van der Waals surface area (Å²) in [5, 5.41) is 10.0. The van der Waals surface area contributed by atoms with E-state index in [1.807, 2.05) is 24.3 Å². The first kappa shape index (κ1) is 23.3. The second-order valence-electron chi connectivity index (χ2n) is 9.80. The van der Waals surface area contributed by atoms with Crippen LogP contribution in [-0.2, 0) is 16.0 Å². The number of esters is 1. The summed E-state index contributed by atoms with van der Waals surface area (Å²) in [6, 6.07) is 20.5. The number of benzene rings is 2. The molecular weight excluding hydrogens is 436 g/mol. The van der Waals surface area contributed by atoms with Crippen LogP contribution in [0.1, 0.15) is 62.1 Å². The number of fused-ring (bicyclic) bond motifs is 1. The van der Waals surface area contributed by atoms with E-state index in [-0.39, 0.29) is 6.10 Å². The molecule has 6 heteroatoms. The molecule has 35 heavy (non-hydrogen) atoms. The monoisotopic (exact) mass is 468 g/mol. The summed E-state index contributed by atoms with van der Waals surface area (Å²) in [7, 11) is 0. The first-order chi connectivity index (χ1) is 17.2. The van der Waals surface area contributed by atoms with E-state index in [4.69, 9.17) is 14.7 Å². The molecule has 5 rings (SSSR count). The Kier molecular flexibility index (Phi) is 7.23. The maximum Gasteiger partial charge on any atom is 0.329 e. The molecule has 180 valence electrons. The van der Waals surface area contributed by atoms with Crippen LogP contribution in [0, 0.1) is 17.2 Å². The molecule has 1 saturated carbocycles. The van der Waals surface area contributed by atoms with Crippen molar-refractivity contribution in [3.8, 4) is 6.07 Å². The molecule has 3 aromatic rings. The largest absolute Gasteiger partial charge is 0.461 e. The second kappa shape index (κ2) is 10.9. The van der Waals surface area contributed by atoms with Gasteiger partial charge in [-0.1, -0.05) is 48.9 Å². The molecule has 1 atom stereocenters. The number of nitriles is 1.